The molecule has 0 aliphatic rings. The van der Waals surface area contributed by atoms with Crippen molar-refractivity contribution in [3.63, 3.8) is 0 Å². The minimum Gasteiger partial charge on any atom is -0.503 e. The van der Waals surface area contributed by atoms with Crippen molar-refractivity contribution in [3.05, 3.63) is 71.7 Å². The van der Waals surface area contributed by atoms with Gasteiger partial charge in [-0.05, 0) is 41.9 Å². The molecule has 0 spiro atoms. The average Bonchev–Trinajstić information content (AvgIpc) is 2.77. The van der Waals surface area contributed by atoms with E-state index >= 15 is 0 Å². The fraction of sp³-hybridized carbons (Fsp3) is 0.286. The Hall–Kier alpha value is -2.97. The number of aromatic nitrogens is 1. The SMILES string of the molecule is CCC(ONC(=S)OCc1ccccc1/C(=C\OC)C(=O)OC)c1ccccn1. The van der Waals surface area contributed by atoms with Crippen molar-refractivity contribution in [3.8, 4) is 0 Å². The summed E-state index contributed by atoms with van der Waals surface area (Å²) in [4.78, 5) is 22.0. The van der Waals surface area contributed by atoms with Crippen molar-refractivity contribution >= 4 is 28.9 Å². The molecule has 0 aliphatic heterocycles. The number of hydroxylamine groups is 1. The van der Waals surface area contributed by atoms with Gasteiger partial charge in [0.1, 0.15) is 18.3 Å². The van der Waals surface area contributed by atoms with Gasteiger partial charge < -0.3 is 14.2 Å². The van der Waals surface area contributed by atoms with E-state index in [0.29, 0.717) is 12.0 Å². The molecule has 2 rings (SSSR count). The van der Waals surface area contributed by atoms with Crippen LogP contribution in [0.25, 0.3) is 5.57 Å². The highest BCUT2D eigenvalue weighted by Gasteiger charge is 2.17. The van der Waals surface area contributed by atoms with Gasteiger partial charge in [-0.15, -0.1) is 0 Å². The zero-order valence-corrected chi connectivity index (χ0v) is 17.4. The fourth-order valence-corrected chi connectivity index (χ4v) is 2.68. The number of nitrogens with zero attached hydrogens (tertiary/aromatic N) is 1. The standard InChI is InChI=1S/C21H24N2O5S/c1-4-19(18-11-7-8-12-22-18)28-23-21(29)27-13-15-9-5-6-10-16(15)17(14-25-2)20(24)26-3/h5-12,14,19H,4,13H2,1-3H3,(H,23,29)/b17-14+. The van der Waals surface area contributed by atoms with Crippen LogP contribution in [0, 0.1) is 0 Å². The second-order valence-corrected chi connectivity index (χ2v) is 6.23. The number of ether oxygens (including phenoxy) is 3. The van der Waals surface area contributed by atoms with Crippen LogP contribution in [0.1, 0.15) is 36.3 Å². The topological polar surface area (TPSA) is 78.9 Å². The van der Waals surface area contributed by atoms with Crippen molar-refractivity contribution < 1.29 is 23.8 Å². The molecule has 1 aromatic heterocycles. The molecule has 1 aromatic carbocycles. The van der Waals surface area contributed by atoms with Crippen LogP contribution in [-0.4, -0.2) is 30.3 Å². The zero-order chi connectivity index (χ0) is 21.1. The molecule has 1 atom stereocenters. The third-order valence-corrected chi connectivity index (χ3v) is 4.18. The Bertz CT molecular complexity index is 842. The Morgan fingerprint density at radius 2 is 1.97 bits per heavy atom. The Balaban J connectivity index is 2.00. The van der Waals surface area contributed by atoms with Gasteiger partial charge in [0, 0.05) is 6.20 Å². The zero-order valence-electron chi connectivity index (χ0n) is 16.6. The van der Waals surface area contributed by atoms with Crippen LogP contribution >= 0.6 is 12.2 Å². The van der Waals surface area contributed by atoms with E-state index in [1.54, 1.807) is 12.3 Å². The summed E-state index contributed by atoms with van der Waals surface area (Å²) < 4.78 is 15.4. The first-order valence-electron chi connectivity index (χ1n) is 8.99. The van der Waals surface area contributed by atoms with Crippen molar-refractivity contribution in [2.75, 3.05) is 14.2 Å². The summed E-state index contributed by atoms with van der Waals surface area (Å²) in [6.07, 6.45) is 3.49. The van der Waals surface area contributed by atoms with E-state index < -0.39 is 5.97 Å². The maximum atomic E-state index is 12.1. The largest absolute Gasteiger partial charge is 0.503 e. The number of carbonyl (C=O) groups excluding carboxylic acids is 1. The molecular formula is C21H24N2O5S. The van der Waals surface area contributed by atoms with Crippen molar-refractivity contribution in [1.29, 1.82) is 0 Å². The first-order chi connectivity index (χ1) is 14.1. The van der Waals surface area contributed by atoms with Gasteiger partial charge in [0.25, 0.3) is 5.17 Å². The van der Waals surface area contributed by atoms with Crippen LogP contribution in [0.5, 0.6) is 0 Å². The van der Waals surface area contributed by atoms with Gasteiger partial charge in [0.15, 0.2) is 0 Å². The van der Waals surface area contributed by atoms with E-state index in [0.717, 1.165) is 11.3 Å². The molecule has 8 heteroatoms. The van der Waals surface area contributed by atoms with Crippen LogP contribution < -0.4 is 5.48 Å². The summed E-state index contributed by atoms with van der Waals surface area (Å²) in [5.41, 5.74) is 5.09. The first-order valence-corrected chi connectivity index (χ1v) is 9.40. The van der Waals surface area contributed by atoms with Crippen LogP contribution in [0.15, 0.2) is 54.9 Å². The molecule has 0 amide bonds. The predicted molar refractivity (Wildman–Crippen MR) is 112 cm³/mol. The molecule has 29 heavy (non-hydrogen) atoms. The lowest BCUT2D eigenvalue weighted by Gasteiger charge is -2.17. The number of hydrogen-bond acceptors (Lipinski definition) is 7. The number of carbonyl (C=O) groups is 1. The maximum absolute atomic E-state index is 12.1. The fourth-order valence-electron chi connectivity index (χ4n) is 2.57. The number of methoxy groups -OCH3 is 2. The van der Waals surface area contributed by atoms with Gasteiger partial charge in [-0.2, -0.15) is 0 Å². The molecular weight excluding hydrogens is 392 g/mol. The van der Waals surface area contributed by atoms with E-state index in [-0.39, 0.29) is 23.5 Å². The molecule has 0 saturated heterocycles. The van der Waals surface area contributed by atoms with Gasteiger partial charge in [-0.1, -0.05) is 37.3 Å². The molecule has 0 saturated carbocycles. The van der Waals surface area contributed by atoms with Crippen molar-refractivity contribution in [2.24, 2.45) is 0 Å². The molecule has 1 N–H and O–H groups in total. The number of hydrogen-bond donors (Lipinski definition) is 1. The molecule has 0 aliphatic carbocycles. The smallest absolute Gasteiger partial charge is 0.341 e. The normalized spacial score (nSPS) is 12.0. The van der Waals surface area contributed by atoms with Gasteiger partial charge in [-0.25, -0.2) is 10.3 Å². The van der Waals surface area contributed by atoms with E-state index in [2.05, 4.69) is 10.5 Å². The lowest BCUT2D eigenvalue weighted by molar-refractivity contribution is -0.133. The highest BCUT2D eigenvalue weighted by Crippen LogP contribution is 2.22. The van der Waals surface area contributed by atoms with Gasteiger partial charge in [-0.3, -0.25) is 9.82 Å². The Morgan fingerprint density at radius 3 is 2.62 bits per heavy atom. The second-order valence-electron chi connectivity index (χ2n) is 5.86. The van der Waals surface area contributed by atoms with Gasteiger partial charge in [0.05, 0.1) is 26.2 Å². The van der Waals surface area contributed by atoms with E-state index in [4.69, 9.17) is 31.3 Å². The molecule has 7 nitrogen and oxygen atoms in total. The first kappa shape index (κ1) is 22.3. The van der Waals surface area contributed by atoms with Crippen molar-refractivity contribution in [2.45, 2.75) is 26.1 Å². The molecule has 1 heterocycles. The summed E-state index contributed by atoms with van der Waals surface area (Å²) in [5, 5.41) is 0.0736. The molecule has 0 fully saturated rings. The number of benzene rings is 1. The molecule has 154 valence electrons. The molecule has 2 aromatic rings. The summed E-state index contributed by atoms with van der Waals surface area (Å²) >= 11 is 5.19. The highest BCUT2D eigenvalue weighted by molar-refractivity contribution is 7.80. The van der Waals surface area contributed by atoms with Crippen LogP contribution in [0.4, 0.5) is 0 Å². The van der Waals surface area contributed by atoms with Crippen LogP contribution in [0.2, 0.25) is 0 Å². The van der Waals surface area contributed by atoms with Gasteiger partial charge >= 0.3 is 5.97 Å². The van der Waals surface area contributed by atoms with E-state index in [1.807, 2.05) is 43.3 Å². The average molecular weight is 416 g/mol. The molecule has 1 unspecified atom stereocenters. The number of pyridine rings is 1. The van der Waals surface area contributed by atoms with Crippen LogP contribution in [-0.2, 0) is 30.4 Å². The minimum absolute atomic E-state index is 0.0736. The lowest BCUT2D eigenvalue weighted by atomic mass is 10.0. The molecule has 0 bridgehead atoms. The highest BCUT2D eigenvalue weighted by atomic mass is 32.1. The summed E-state index contributed by atoms with van der Waals surface area (Å²) in [5.74, 6) is -0.510. The third kappa shape index (κ3) is 6.55. The van der Waals surface area contributed by atoms with Gasteiger partial charge in [0.2, 0.25) is 0 Å². The summed E-state index contributed by atoms with van der Waals surface area (Å²) in [6.45, 7) is 2.11. The number of rotatable bonds is 9. The lowest BCUT2D eigenvalue weighted by Crippen LogP contribution is -2.26. The van der Waals surface area contributed by atoms with Crippen molar-refractivity contribution in [1.82, 2.24) is 10.5 Å². The quantitative estimate of drug-likeness (QED) is 0.218. The summed E-state index contributed by atoms with van der Waals surface area (Å²) in [7, 11) is 2.78. The Kier molecular flexibility index (Phi) is 9.07. The third-order valence-electron chi connectivity index (χ3n) is 3.98. The summed E-state index contributed by atoms with van der Waals surface area (Å²) in [6, 6.07) is 12.9. The number of nitrogens with one attached hydrogen (secondary N) is 1. The second kappa shape index (κ2) is 11.8. The number of thiocarbonyl (C=S) groups is 1. The maximum Gasteiger partial charge on any atom is 0.341 e. The van der Waals surface area contributed by atoms with E-state index in [9.17, 15) is 4.79 Å². The predicted octanol–water partition coefficient (Wildman–Crippen LogP) is 3.72. The number of esters is 1. The minimum atomic E-state index is -0.510. The molecule has 0 radical (unpaired) electrons. The van der Waals surface area contributed by atoms with Crippen LogP contribution in [0.3, 0.4) is 0 Å². The Morgan fingerprint density at radius 1 is 1.21 bits per heavy atom. The van der Waals surface area contributed by atoms with E-state index in [1.165, 1.54) is 20.5 Å². The Labute approximate surface area is 175 Å². The monoisotopic (exact) mass is 416 g/mol.